The fourth-order valence-electron chi connectivity index (χ4n) is 1.25. The Bertz CT molecular complexity index is 396. The van der Waals surface area contributed by atoms with E-state index in [1.54, 1.807) is 13.1 Å². The van der Waals surface area contributed by atoms with Crippen LogP contribution in [0, 0.1) is 5.82 Å². The molecule has 1 aromatic carbocycles. The Morgan fingerprint density at radius 2 is 2.18 bits per heavy atom. The summed E-state index contributed by atoms with van der Waals surface area (Å²) in [5.41, 5.74) is 6.05. The number of amides is 1. The van der Waals surface area contributed by atoms with Crippen LogP contribution >= 0.6 is 0 Å². The Hall–Kier alpha value is -1.62. The number of hydrogen-bond acceptors (Lipinski definition) is 3. The molecule has 0 atom stereocenters. The van der Waals surface area contributed by atoms with E-state index in [1.165, 1.54) is 17.0 Å². The molecule has 0 saturated heterocycles. The van der Waals surface area contributed by atoms with Gasteiger partial charge in [0.2, 0.25) is 0 Å². The van der Waals surface area contributed by atoms with Crippen LogP contribution in [0.2, 0.25) is 0 Å². The predicted octanol–water partition coefficient (Wildman–Crippen LogP) is 1.14. The van der Waals surface area contributed by atoms with Crippen molar-refractivity contribution in [3.8, 4) is 5.75 Å². The Balaban J connectivity index is 2.63. The van der Waals surface area contributed by atoms with Gasteiger partial charge in [-0.15, -0.1) is 0 Å². The van der Waals surface area contributed by atoms with Gasteiger partial charge < -0.3 is 15.4 Å². The lowest BCUT2D eigenvalue weighted by Gasteiger charge is -2.15. The maximum Gasteiger partial charge on any atom is 0.260 e. The van der Waals surface area contributed by atoms with Crippen molar-refractivity contribution in [2.24, 2.45) is 5.73 Å². The second-order valence-corrected chi connectivity index (χ2v) is 3.70. The highest BCUT2D eigenvalue weighted by molar-refractivity contribution is 5.77. The quantitative estimate of drug-likeness (QED) is 0.839. The first kappa shape index (κ1) is 13.4. The van der Waals surface area contributed by atoms with Crippen molar-refractivity contribution in [2.75, 3.05) is 20.2 Å². The third-order valence-electron chi connectivity index (χ3n) is 2.43. The second-order valence-electron chi connectivity index (χ2n) is 3.70. The van der Waals surface area contributed by atoms with E-state index in [1.807, 2.05) is 6.92 Å². The number of halogens is 1. The third kappa shape index (κ3) is 4.03. The minimum absolute atomic E-state index is 0.0994. The van der Waals surface area contributed by atoms with Gasteiger partial charge in [-0.05, 0) is 24.6 Å². The van der Waals surface area contributed by atoms with Crippen LogP contribution < -0.4 is 10.5 Å². The van der Waals surface area contributed by atoms with Crippen molar-refractivity contribution in [3.63, 3.8) is 0 Å². The highest BCUT2D eigenvalue weighted by Crippen LogP contribution is 2.16. The average molecular weight is 240 g/mol. The fourth-order valence-corrected chi connectivity index (χ4v) is 1.25. The molecule has 0 heterocycles. The van der Waals surface area contributed by atoms with Gasteiger partial charge in [-0.2, -0.15) is 0 Å². The van der Waals surface area contributed by atoms with Crippen molar-refractivity contribution < 1.29 is 13.9 Å². The molecule has 0 bridgehead atoms. The SMILES string of the molecule is CCN(C)C(=O)COc1cc(F)cc(CN)c1. The summed E-state index contributed by atoms with van der Waals surface area (Å²) in [4.78, 5) is 13.0. The molecule has 1 rings (SSSR count). The van der Waals surface area contributed by atoms with Crippen LogP contribution in [-0.2, 0) is 11.3 Å². The summed E-state index contributed by atoms with van der Waals surface area (Å²) in [5, 5.41) is 0. The van der Waals surface area contributed by atoms with Crippen molar-refractivity contribution in [1.82, 2.24) is 4.90 Å². The topological polar surface area (TPSA) is 55.6 Å². The Morgan fingerprint density at radius 3 is 2.76 bits per heavy atom. The molecule has 0 spiro atoms. The smallest absolute Gasteiger partial charge is 0.260 e. The summed E-state index contributed by atoms with van der Waals surface area (Å²) in [7, 11) is 1.68. The van der Waals surface area contributed by atoms with E-state index in [2.05, 4.69) is 0 Å². The molecule has 2 N–H and O–H groups in total. The van der Waals surface area contributed by atoms with Crippen molar-refractivity contribution in [1.29, 1.82) is 0 Å². The number of nitrogens with zero attached hydrogens (tertiary/aromatic N) is 1. The number of nitrogens with two attached hydrogens (primary N) is 1. The predicted molar refractivity (Wildman–Crippen MR) is 63.1 cm³/mol. The number of benzene rings is 1. The highest BCUT2D eigenvalue weighted by atomic mass is 19.1. The lowest BCUT2D eigenvalue weighted by molar-refractivity contribution is -0.131. The molecule has 5 heteroatoms. The molecule has 94 valence electrons. The van der Waals surface area contributed by atoms with Gasteiger partial charge in [0.1, 0.15) is 11.6 Å². The van der Waals surface area contributed by atoms with Gasteiger partial charge in [-0.1, -0.05) is 0 Å². The van der Waals surface area contributed by atoms with Gasteiger partial charge in [0.15, 0.2) is 6.61 Å². The zero-order valence-electron chi connectivity index (χ0n) is 10.1. The van der Waals surface area contributed by atoms with E-state index >= 15 is 0 Å². The zero-order valence-corrected chi connectivity index (χ0v) is 10.1. The average Bonchev–Trinajstić information content (AvgIpc) is 2.34. The zero-order chi connectivity index (χ0) is 12.8. The van der Waals surface area contributed by atoms with Crippen LogP contribution in [0.1, 0.15) is 12.5 Å². The van der Waals surface area contributed by atoms with Crippen LogP contribution in [0.15, 0.2) is 18.2 Å². The molecule has 0 aliphatic heterocycles. The molecule has 17 heavy (non-hydrogen) atoms. The molecule has 1 aromatic rings. The first-order valence-electron chi connectivity index (χ1n) is 5.43. The second kappa shape index (κ2) is 6.20. The Kier molecular flexibility index (Phi) is 4.90. The monoisotopic (exact) mass is 240 g/mol. The Labute approximate surface area is 100 Å². The molecule has 1 amide bonds. The molecule has 0 aliphatic carbocycles. The van der Waals surface area contributed by atoms with Gasteiger partial charge in [-0.25, -0.2) is 4.39 Å². The minimum atomic E-state index is -0.417. The summed E-state index contributed by atoms with van der Waals surface area (Å²) < 4.78 is 18.4. The van der Waals surface area contributed by atoms with Crippen LogP contribution in [0.3, 0.4) is 0 Å². The molecule has 0 aliphatic rings. The molecular weight excluding hydrogens is 223 g/mol. The van der Waals surface area contributed by atoms with Crippen LogP contribution in [0.5, 0.6) is 5.75 Å². The first-order valence-corrected chi connectivity index (χ1v) is 5.43. The van der Waals surface area contributed by atoms with E-state index in [9.17, 15) is 9.18 Å². The van der Waals surface area contributed by atoms with E-state index < -0.39 is 5.82 Å². The van der Waals surface area contributed by atoms with E-state index in [0.29, 0.717) is 17.9 Å². The number of carbonyl (C=O) groups excluding carboxylic acids is 1. The van der Waals surface area contributed by atoms with Crippen molar-refractivity contribution >= 4 is 5.91 Å². The number of ether oxygens (including phenoxy) is 1. The summed E-state index contributed by atoms with van der Waals surface area (Å²) in [5.74, 6) is -0.242. The van der Waals surface area contributed by atoms with Gasteiger partial charge in [0.25, 0.3) is 5.91 Å². The summed E-state index contributed by atoms with van der Waals surface area (Å²) in [6, 6.07) is 4.20. The normalized spacial score (nSPS) is 10.1. The third-order valence-corrected chi connectivity index (χ3v) is 2.43. The summed E-state index contributed by atoms with van der Waals surface area (Å²) in [6.07, 6.45) is 0. The number of carbonyl (C=O) groups is 1. The Morgan fingerprint density at radius 1 is 1.47 bits per heavy atom. The lowest BCUT2D eigenvalue weighted by Crippen LogP contribution is -2.31. The molecular formula is C12H17FN2O2. The highest BCUT2D eigenvalue weighted by Gasteiger charge is 2.08. The molecule has 0 unspecified atom stereocenters. The number of likely N-dealkylation sites (N-methyl/N-ethyl adjacent to an activating group) is 1. The molecule has 0 radical (unpaired) electrons. The molecule has 0 fully saturated rings. The maximum absolute atomic E-state index is 13.1. The first-order chi connectivity index (χ1) is 8.06. The minimum Gasteiger partial charge on any atom is -0.484 e. The molecule has 4 nitrogen and oxygen atoms in total. The standard InChI is InChI=1S/C12H17FN2O2/c1-3-15(2)12(16)8-17-11-5-9(7-14)4-10(13)6-11/h4-6H,3,7-8,14H2,1-2H3. The van der Waals surface area contributed by atoms with Crippen molar-refractivity contribution in [3.05, 3.63) is 29.6 Å². The number of hydrogen-bond donors (Lipinski definition) is 1. The lowest BCUT2D eigenvalue weighted by atomic mass is 10.2. The van der Waals surface area contributed by atoms with Gasteiger partial charge in [-0.3, -0.25) is 4.79 Å². The van der Waals surface area contributed by atoms with Crippen LogP contribution in [0.4, 0.5) is 4.39 Å². The molecule has 0 aromatic heterocycles. The maximum atomic E-state index is 13.1. The van der Waals surface area contributed by atoms with Gasteiger partial charge in [0.05, 0.1) is 0 Å². The van der Waals surface area contributed by atoms with Crippen LogP contribution in [0.25, 0.3) is 0 Å². The summed E-state index contributed by atoms with van der Waals surface area (Å²) >= 11 is 0. The molecule has 0 saturated carbocycles. The largest absolute Gasteiger partial charge is 0.484 e. The van der Waals surface area contributed by atoms with Gasteiger partial charge >= 0.3 is 0 Å². The van der Waals surface area contributed by atoms with Crippen molar-refractivity contribution in [2.45, 2.75) is 13.5 Å². The van der Waals surface area contributed by atoms with E-state index in [4.69, 9.17) is 10.5 Å². The van der Waals surface area contributed by atoms with Crippen LogP contribution in [-0.4, -0.2) is 31.0 Å². The number of rotatable bonds is 5. The summed E-state index contributed by atoms with van der Waals surface area (Å²) in [6.45, 7) is 2.61. The fraction of sp³-hybridized carbons (Fsp3) is 0.417. The van der Waals surface area contributed by atoms with E-state index in [0.717, 1.165) is 0 Å². The van der Waals surface area contributed by atoms with E-state index in [-0.39, 0.29) is 19.1 Å². The van der Waals surface area contributed by atoms with Gasteiger partial charge in [0, 0.05) is 26.2 Å².